The molecule has 0 aliphatic rings. The Balaban J connectivity index is 2.59. The fourth-order valence-corrected chi connectivity index (χ4v) is 1.53. The van der Waals surface area contributed by atoms with Crippen LogP contribution in [0.4, 0.5) is 0 Å². The Morgan fingerprint density at radius 3 is 2.62 bits per heavy atom. The van der Waals surface area contributed by atoms with Crippen LogP contribution in [0.1, 0.15) is 29.5 Å². The summed E-state index contributed by atoms with van der Waals surface area (Å²) in [6.07, 6.45) is 3.51. The third-order valence-corrected chi connectivity index (χ3v) is 2.40. The Kier molecular flexibility index (Phi) is 3.97. The van der Waals surface area contributed by atoms with Gasteiger partial charge in [-0.05, 0) is 50.8 Å². The van der Waals surface area contributed by atoms with Gasteiger partial charge in [-0.25, -0.2) is 0 Å². The van der Waals surface area contributed by atoms with E-state index in [4.69, 9.17) is 5.73 Å². The van der Waals surface area contributed by atoms with Crippen LogP contribution in [0.5, 0.6) is 0 Å². The molecule has 0 fully saturated rings. The summed E-state index contributed by atoms with van der Waals surface area (Å²) >= 11 is 0. The van der Waals surface area contributed by atoms with Crippen molar-refractivity contribution in [3.05, 3.63) is 34.9 Å². The van der Waals surface area contributed by atoms with Crippen LogP contribution in [0.2, 0.25) is 0 Å². The minimum Gasteiger partial charge on any atom is -0.330 e. The molecule has 1 aromatic rings. The highest BCUT2D eigenvalue weighted by molar-refractivity contribution is 5.30. The molecule has 0 aliphatic carbocycles. The number of nitrogens with two attached hydrogens (primary N) is 1. The largest absolute Gasteiger partial charge is 0.330 e. The third kappa shape index (κ3) is 3.19. The van der Waals surface area contributed by atoms with Gasteiger partial charge in [0.15, 0.2) is 0 Å². The topological polar surface area (TPSA) is 26.0 Å². The fraction of sp³-hybridized carbons (Fsp3) is 0.500. The average molecular weight is 177 g/mol. The van der Waals surface area contributed by atoms with Crippen molar-refractivity contribution in [2.45, 2.75) is 33.1 Å². The zero-order valence-corrected chi connectivity index (χ0v) is 8.64. The van der Waals surface area contributed by atoms with E-state index in [1.54, 1.807) is 0 Å². The summed E-state index contributed by atoms with van der Waals surface area (Å²) in [7, 11) is 0. The molecule has 0 radical (unpaired) electrons. The van der Waals surface area contributed by atoms with Crippen LogP contribution in [0.3, 0.4) is 0 Å². The van der Waals surface area contributed by atoms with Crippen molar-refractivity contribution in [1.29, 1.82) is 0 Å². The van der Waals surface area contributed by atoms with E-state index < -0.39 is 0 Å². The normalized spacial score (nSPS) is 10.4. The lowest BCUT2D eigenvalue weighted by Gasteiger charge is -2.06. The van der Waals surface area contributed by atoms with Gasteiger partial charge in [-0.15, -0.1) is 0 Å². The van der Waals surface area contributed by atoms with E-state index in [2.05, 4.69) is 32.0 Å². The van der Waals surface area contributed by atoms with E-state index in [0.717, 1.165) is 13.0 Å². The molecule has 1 rings (SSSR count). The second-order valence-electron chi connectivity index (χ2n) is 3.68. The summed E-state index contributed by atoms with van der Waals surface area (Å²) in [4.78, 5) is 0. The molecule has 1 heteroatoms. The van der Waals surface area contributed by atoms with Crippen molar-refractivity contribution in [3.63, 3.8) is 0 Å². The number of rotatable bonds is 4. The van der Waals surface area contributed by atoms with E-state index in [0.29, 0.717) is 0 Å². The minimum absolute atomic E-state index is 0.810. The number of benzene rings is 1. The van der Waals surface area contributed by atoms with Gasteiger partial charge in [0, 0.05) is 0 Å². The summed E-state index contributed by atoms with van der Waals surface area (Å²) < 4.78 is 0. The zero-order chi connectivity index (χ0) is 9.68. The van der Waals surface area contributed by atoms with Crippen molar-refractivity contribution in [2.24, 2.45) is 5.73 Å². The molecule has 2 N–H and O–H groups in total. The second-order valence-corrected chi connectivity index (χ2v) is 3.68. The van der Waals surface area contributed by atoms with Crippen LogP contribution in [0.15, 0.2) is 18.2 Å². The first kappa shape index (κ1) is 10.3. The van der Waals surface area contributed by atoms with Gasteiger partial charge in [-0.1, -0.05) is 23.8 Å². The molecule has 72 valence electrons. The molecule has 13 heavy (non-hydrogen) atoms. The number of hydrogen-bond acceptors (Lipinski definition) is 1. The minimum atomic E-state index is 0.810. The maximum absolute atomic E-state index is 5.46. The van der Waals surface area contributed by atoms with Crippen molar-refractivity contribution in [1.82, 2.24) is 0 Å². The van der Waals surface area contributed by atoms with Gasteiger partial charge in [0.05, 0.1) is 0 Å². The molecule has 0 amide bonds. The van der Waals surface area contributed by atoms with Crippen LogP contribution in [0.25, 0.3) is 0 Å². The number of hydrogen-bond donors (Lipinski definition) is 1. The third-order valence-electron chi connectivity index (χ3n) is 2.40. The molecule has 0 bridgehead atoms. The first-order valence-electron chi connectivity index (χ1n) is 5.00. The van der Waals surface area contributed by atoms with Gasteiger partial charge < -0.3 is 5.73 Å². The smallest absolute Gasteiger partial charge is 0.00772 e. The summed E-state index contributed by atoms with van der Waals surface area (Å²) in [5.41, 5.74) is 9.70. The molecule has 0 saturated heterocycles. The highest BCUT2D eigenvalue weighted by Crippen LogP contribution is 2.13. The molecule has 0 aromatic heterocycles. The lowest BCUT2D eigenvalue weighted by Crippen LogP contribution is -1.99. The van der Waals surface area contributed by atoms with Gasteiger partial charge in [0.2, 0.25) is 0 Å². The molecule has 0 aliphatic heterocycles. The SMILES string of the molecule is Cc1ccc(C)c(CCCCN)c1. The average Bonchev–Trinajstić information content (AvgIpc) is 2.11. The maximum atomic E-state index is 5.46. The summed E-state index contributed by atoms with van der Waals surface area (Å²) in [5.74, 6) is 0. The van der Waals surface area contributed by atoms with E-state index in [1.165, 1.54) is 29.5 Å². The molecule has 0 atom stereocenters. The highest BCUT2D eigenvalue weighted by Gasteiger charge is 1.97. The molecular formula is C12H19N. The van der Waals surface area contributed by atoms with E-state index in [-0.39, 0.29) is 0 Å². The molecule has 0 saturated carbocycles. The van der Waals surface area contributed by atoms with Crippen LogP contribution < -0.4 is 5.73 Å². The summed E-state index contributed by atoms with van der Waals surface area (Å²) in [5, 5.41) is 0. The molecule has 0 heterocycles. The first-order chi connectivity index (χ1) is 6.24. The van der Waals surface area contributed by atoms with Gasteiger partial charge in [0.1, 0.15) is 0 Å². The Morgan fingerprint density at radius 2 is 1.92 bits per heavy atom. The van der Waals surface area contributed by atoms with Crippen molar-refractivity contribution < 1.29 is 0 Å². The Bertz CT molecular complexity index is 266. The van der Waals surface area contributed by atoms with Gasteiger partial charge in [-0.2, -0.15) is 0 Å². The molecule has 1 nitrogen and oxygen atoms in total. The monoisotopic (exact) mass is 177 g/mol. The van der Waals surface area contributed by atoms with Crippen molar-refractivity contribution in [3.8, 4) is 0 Å². The van der Waals surface area contributed by atoms with Crippen molar-refractivity contribution in [2.75, 3.05) is 6.54 Å². The number of unbranched alkanes of at least 4 members (excludes halogenated alkanes) is 1. The Labute approximate surface area is 81.0 Å². The molecule has 0 unspecified atom stereocenters. The predicted molar refractivity (Wildman–Crippen MR) is 57.9 cm³/mol. The quantitative estimate of drug-likeness (QED) is 0.703. The standard InChI is InChI=1S/C12H19N/c1-10-6-7-11(2)12(9-10)5-3-4-8-13/h6-7,9H,3-5,8,13H2,1-2H3. The molecule has 1 aromatic carbocycles. The predicted octanol–water partition coefficient (Wildman–Crippen LogP) is 2.58. The molecular weight excluding hydrogens is 158 g/mol. The van der Waals surface area contributed by atoms with Crippen LogP contribution >= 0.6 is 0 Å². The first-order valence-corrected chi connectivity index (χ1v) is 5.00. The lowest BCUT2D eigenvalue weighted by atomic mass is 10.0. The summed E-state index contributed by atoms with van der Waals surface area (Å²) in [6.45, 7) is 5.13. The van der Waals surface area contributed by atoms with E-state index >= 15 is 0 Å². The zero-order valence-electron chi connectivity index (χ0n) is 8.64. The Hall–Kier alpha value is -0.820. The fourth-order valence-electron chi connectivity index (χ4n) is 1.53. The van der Waals surface area contributed by atoms with Gasteiger partial charge in [0.25, 0.3) is 0 Å². The highest BCUT2D eigenvalue weighted by atomic mass is 14.5. The van der Waals surface area contributed by atoms with Gasteiger partial charge >= 0.3 is 0 Å². The van der Waals surface area contributed by atoms with E-state index in [9.17, 15) is 0 Å². The lowest BCUT2D eigenvalue weighted by molar-refractivity contribution is 0.742. The van der Waals surface area contributed by atoms with Crippen LogP contribution in [0, 0.1) is 13.8 Å². The summed E-state index contributed by atoms with van der Waals surface area (Å²) in [6, 6.07) is 6.65. The van der Waals surface area contributed by atoms with Crippen LogP contribution in [-0.4, -0.2) is 6.54 Å². The van der Waals surface area contributed by atoms with Crippen LogP contribution in [-0.2, 0) is 6.42 Å². The van der Waals surface area contributed by atoms with Crippen molar-refractivity contribution >= 4 is 0 Å². The molecule has 0 spiro atoms. The van der Waals surface area contributed by atoms with E-state index in [1.807, 2.05) is 0 Å². The number of aryl methyl sites for hydroxylation is 3. The second kappa shape index (κ2) is 5.03. The Morgan fingerprint density at radius 1 is 1.15 bits per heavy atom. The van der Waals surface area contributed by atoms with Gasteiger partial charge in [-0.3, -0.25) is 0 Å². The maximum Gasteiger partial charge on any atom is -0.00772 e.